The minimum absolute atomic E-state index is 0.0183. The van der Waals surface area contributed by atoms with E-state index < -0.39 is 13.9 Å². The minimum atomic E-state index is -4.52. The molecule has 0 amide bonds. The molecule has 2 unspecified atom stereocenters. The SMILES string of the molecule is CC/C=C\C/C=C\C/C=C\C/C=C\CCCCCOCC(COP(=O)([O-])OCC[N+](C)(C)C)OC(=O)CCCCCCCCC. The van der Waals surface area contributed by atoms with Crippen LogP contribution in [0.3, 0.4) is 0 Å². The Kier molecular flexibility index (Phi) is 28.8. The van der Waals surface area contributed by atoms with E-state index in [0.29, 0.717) is 24.1 Å². The first-order valence-electron chi connectivity index (χ1n) is 17.4. The summed E-state index contributed by atoms with van der Waals surface area (Å²) in [6.07, 6.45) is 32.8. The zero-order valence-corrected chi connectivity index (χ0v) is 30.2. The minimum Gasteiger partial charge on any atom is -0.756 e. The van der Waals surface area contributed by atoms with E-state index >= 15 is 0 Å². The van der Waals surface area contributed by atoms with Gasteiger partial charge in [0.05, 0.1) is 34.4 Å². The molecular formula is C36H66NO7P. The lowest BCUT2D eigenvalue weighted by Gasteiger charge is -2.28. The molecule has 45 heavy (non-hydrogen) atoms. The molecule has 0 radical (unpaired) electrons. The number of carbonyl (C=O) groups is 1. The Hall–Kier alpha value is -1.54. The third-order valence-corrected chi connectivity index (χ3v) is 7.86. The molecule has 0 aromatic heterocycles. The molecular weight excluding hydrogens is 589 g/mol. The molecule has 262 valence electrons. The van der Waals surface area contributed by atoms with Gasteiger partial charge in [-0.25, -0.2) is 0 Å². The Labute approximate surface area is 276 Å². The number of ether oxygens (including phenoxy) is 2. The van der Waals surface area contributed by atoms with E-state index in [4.69, 9.17) is 18.5 Å². The fraction of sp³-hybridized carbons (Fsp3) is 0.750. The predicted octanol–water partition coefficient (Wildman–Crippen LogP) is 8.63. The number of rotatable bonds is 31. The van der Waals surface area contributed by atoms with Gasteiger partial charge < -0.3 is 27.9 Å². The molecule has 0 saturated heterocycles. The predicted molar refractivity (Wildman–Crippen MR) is 185 cm³/mol. The van der Waals surface area contributed by atoms with Crippen LogP contribution in [-0.2, 0) is 27.9 Å². The highest BCUT2D eigenvalue weighted by atomic mass is 31.2. The van der Waals surface area contributed by atoms with Gasteiger partial charge in [0, 0.05) is 13.0 Å². The highest BCUT2D eigenvalue weighted by Crippen LogP contribution is 2.38. The van der Waals surface area contributed by atoms with E-state index in [0.717, 1.165) is 70.6 Å². The number of unbranched alkanes of at least 4 members (excludes halogenated alkanes) is 9. The molecule has 0 saturated carbocycles. The van der Waals surface area contributed by atoms with Crippen molar-refractivity contribution in [1.82, 2.24) is 0 Å². The van der Waals surface area contributed by atoms with Crippen molar-refractivity contribution < 1.29 is 37.3 Å². The average molecular weight is 656 g/mol. The van der Waals surface area contributed by atoms with E-state index in [1.165, 1.54) is 25.7 Å². The number of allylic oxidation sites excluding steroid dienone is 8. The van der Waals surface area contributed by atoms with Crippen LogP contribution in [0, 0.1) is 0 Å². The third-order valence-electron chi connectivity index (χ3n) is 6.89. The summed E-state index contributed by atoms with van der Waals surface area (Å²) in [5.74, 6) is -0.356. The number of phosphoric ester groups is 1. The average Bonchev–Trinajstić information content (AvgIpc) is 2.98. The number of carbonyl (C=O) groups excluding carboxylic acids is 1. The van der Waals surface area contributed by atoms with Crippen LogP contribution in [0.25, 0.3) is 0 Å². The topological polar surface area (TPSA) is 94.1 Å². The number of hydrogen-bond donors (Lipinski definition) is 0. The number of likely N-dealkylation sites (N-methyl/N-ethyl adjacent to an activating group) is 1. The zero-order valence-electron chi connectivity index (χ0n) is 29.3. The first kappa shape index (κ1) is 43.5. The third kappa shape index (κ3) is 33.6. The fourth-order valence-corrected chi connectivity index (χ4v) is 4.91. The van der Waals surface area contributed by atoms with Crippen LogP contribution in [0.4, 0.5) is 0 Å². The smallest absolute Gasteiger partial charge is 0.306 e. The number of hydrogen-bond acceptors (Lipinski definition) is 7. The summed E-state index contributed by atoms with van der Waals surface area (Å²) in [6.45, 7) is 5.14. The second kappa shape index (κ2) is 29.8. The van der Waals surface area contributed by atoms with E-state index in [2.05, 4.69) is 62.5 Å². The van der Waals surface area contributed by atoms with Crippen molar-refractivity contribution >= 4 is 13.8 Å². The van der Waals surface area contributed by atoms with Gasteiger partial charge in [0.15, 0.2) is 0 Å². The second-order valence-corrected chi connectivity index (χ2v) is 13.9. The van der Waals surface area contributed by atoms with Crippen molar-refractivity contribution in [3.63, 3.8) is 0 Å². The molecule has 0 aliphatic carbocycles. The van der Waals surface area contributed by atoms with E-state index in [1.807, 2.05) is 21.1 Å². The van der Waals surface area contributed by atoms with Gasteiger partial charge in [0.1, 0.15) is 19.3 Å². The van der Waals surface area contributed by atoms with Crippen LogP contribution in [0.2, 0.25) is 0 Å². The second-order valence-electron chi connectivity index (χ2n) is 12.5. The Morgan fingerprint density at radius 2 is 1.29 bits per heavy atom. The first-order valence-corrected chi connectivity index (χ1v) is 18.8. The Bertz CT molecular complexity index is 864. The van der Waals surface area contributed by atoms with Crippen molar-refractivity contribution in [1.29, 1.82) is 0 Å². The molecule has 8 nitrogen and oxygen atoms in total. The van der Waals surface area contributed by atoms with Gasteiger partial charge in [0.2, 0.25) is 0 Å². The van der Waals surface area contributed by atoms with Gasteiger partial charge in [0.25, 0.3) is 7.82 Å². The standard InChI is InChI=1S/C36H66NO7P/c1-6-8-10-12-14-15-16-17-18-19-20-21-22-24-26-28-31-41-33-35(34-43-45(39,40)42-32-30-37(3,4)5)44-36(38)29-27-25-23-13-11-9-7-2/h8,10,14-15,17-18,20-21,35H,6-7,9,11-13,16,19,22-34H2,1-5H3/b10-8-,15-14-,18-17-,21-20-. The lowest BCUT2D eigenvalue weighted by Crippen LogP contribution is -2.37. The molecule has 0 fully saturated rings. The zero-order chi connectivity index (χ0) is 33.5. The summed E-state index contributed by atoms with van der Waals surface area (Å²) in [4.78, 5) is 24.7. The molecule has 0 heterocycles. The Morgan fingerprint density at radius 3 is 1.91 bits per heavy atom. The van der Waals surface area contributed by atoms with E-state index in [1.54, 1.807) is 0 Å². The summed E-state index contributed by atoms with van der Waals surface area (Å²) in [5.41, 5.74) is 0. The normalized spacial score (nSPS) is 14.7. The number of nitrogens with zero attached hydrogens (tertiary/aromatic N) is 1. The maximum absolute atomic E-state index is 12.5. The Morgan fingerprint density at radius 1 is 0.711 bits per heavy atom. The summed E-state index contributed by atoms with van der Waals surface area (Å²) in [5, 5.41) is 0. The van der Waals surface area contributed by atoms with Gasteiger partial charge in [-0.1, -0.05) is 107 Å². The highest BCUT2D eigenvalue weighted by molar-refractivity contribution is 7.45. The maximum atomic E-state index is 12.5. The Balaban J connectivity index is 4.35. The number of phosphoric acid groups is 1. The fourth-order valence-electron chi connectivity index (χ4n) is 4.18. The molecule has 9 heteroatoms. The van der Waals surface area contributed by atoms with Crippen LogP contribution in [0.1, 0.15) is 117 Å². The van der Waals surface area contributed by atoms with Crippen LogP contribution >= 0.6 is 7.82 Å². The number of quaternary nitrogens is 1. The summed E-state index contributed by atoms with van der Waals surface area (Å²) >= 11 is 0. The van der Waals surface area contributed by atoms with Crippen LogP contribution in [0.15, 0.2) is 48.6 Å². The van der Waals surface area contributed by atoms with Crippen molar-refractivity contribution in [3.05, 3.63) is 48.6 Å². The molecule has 0 bridgehead atoms. The molecule has 2 atom stereocenters. The van der Waals surface area contributed by atoms with Crippen LogP contribution in [-0.4, -0.2) is 70.7 Å². The van der Waals surface area contributed by atoms with Crippen molar-refractivity contribution in [2.45, 2.75) is 123 Å². The lowest BCUT2D eigenvalue weighted by molar-refractivity contribution is -0.870. The van der Waals surface area contributed by atoms with Crippen molar-refractivity contribution in [2.24, 2.45) is 0 Å². The molecule has 0 aliphatic heterocycles. The molecule has 0 aromatic carbocycles. The summed E-state index contributed by atoms with van der Waals surface area (Å²) in [6, 6.07) is 0. The quantitative estimate of drug-likeness (QED) is 0.0243. The molecule has 0 aromatic rings. The van der Waals surface area contributed by atoms with Crippen molar-refractivity contribution in [2.75, 3.05) is 54.1 Å². The summed E-state index contributed by atoms with van der Waals surface area (Å²) in [7, 11) is 1.32. The van der Waals surface area contributed by atoms with Crippen molar-refractivity contribution in [3.8, 4) is 0 Å². The molecule has 0 N–H and O–H groups in total. The van der Waals surface area contributed by atoms with Gasteiger partial charge in [-0.05, 0) is 51.4 Å². The maximum Gasteiger partial charge on any atom is 0.306 e. The first-order chi connectivity index (χ1) is 21.6. The monoisotopic (exact) mass is 655 g/mol. The lowest BCUT2D eigenvalue weighted by atomic mass is 10.1. The van der Waals surface area contributed by atoms with Gasteiger partial charge >= 0.3 is 5.97 Å². The summed E-state index contributed by atoms with van der Waals surface area (Å²) < 4.78 is 34.2. The van der Waals surface area contributed by atoms with Gasteiger partial charge in [-0.2, -0.15) is 0 Å². The highest BCUT2D eigenvalue weighted by Gasteiger charge is 2.20. The molecule has 0 spiro atoms. The van der Waals surface area contributed by atoms with E-state index in [-0.39, 0.29) is 25.8 Å². The van der Waals surface area contributed by atoms with Crippen LogP contribution in [0.5, 0.6) is 0 Å². The molecule has 0 aliphatic rings. The van der Waals surface area contributed by atoms with Crippen LogP contribution < -0.4 is 4.89 Å². The van der Waals surface area contributed by atoms with Gasteiger partial charge in [-0.3, -0.25) is 9.36 Å². The molecule has 0 rings (SSSR count). The largest absolute Gasteiger partial charge is 0.756 e. The number of esters is 1. The van der Waals surface area contributed by atoms with E-state index in [9.17, 15) is 14.3 Å². The van der Waals surface area contributed by atoms with Gasteiger partial charge in [-0.15, -0.1) is 0 Å².